The van der Waals surface area contributed by atoms with Gasteiger partial charge >= 0.3 is 12.1 Å². The SMILES string of the molecule is COCCOCCOCCOCCOCCOCCOCCOCCCN(CCCOCCOCCOCCOCCOCCOCCOCCOC)CCCc1cc(CC(=O)[C@H](C)NC(=O)[C@@H](CC(=O)CN2C(=O)C=CC2=O)C(C)C)ccc1COC(=O)N(CCOC1(C)CC2(C)CC(C)CC(Cn3ncc(-c4ccc(-c5ccc6cccc(C(=O)Nc7nc8ccccc8s7)c6c5)nc4C(=O)O)c3C)(C2)C1)CCS(=O)(=O)O. The van der Waals surface area contributed by atoms with Crippen molar-refractivity contribution in [3.05, 3.63) is 143 Å². The molecule has 7 aromatic rings. The molecule has 149 heavy (non-hydrogen) atoms. The van der Waals surface area contributed by atoms with Gasteiger partial charge in [-0.1, -0.05) is 93.6 Å². The second-order valence-corrected chi connectivity index (χ2v) is 41.3. The van der Waals surface area contributed by atoms with Gasteiger partial charge < -0.3 is 105 Å². The summed E-state index contributed by atoms with van der Waals surface area (Å²) in [5.74, 6) is -5.92. The van der Waals surface area contributed by atoms with Crippen LogP contribution in [0.25, 0.3) is 43.4 Å². The van der Waals surface area contributed by atoms with Crippen LogP contribution in [0.1, 0.15) is 143 Å². The first-order valence-corrected chi connectivity index (χ1v) is 54.1. The fraction of sp³-hybridized carbons (Fsp3) is 0.620. The van der Waals surface area contributed by atoms with Gasteiger partial charge in [-0.2, -0.15) is 13.5 Å². The normalized spacial score (nSPS) is 17.2. The number of pyridine rings is 1. The van der Waals surface area contributed by atoms with E-state index in [1.54, 1.807) is 71.5 Å². The third-order valence-corrected chi connectivity index (χ3v) is 27.7. The lowest BCUT2D eigenvalue weighted by molar-refractivity contribution is -0.163. The number of nitrogens with zero attached hydrogens (tertiary/aromatic N) is 7. The molecule has 5 amide bonds. The molecule has 2 aliphatic carbocycles. The van der Waals surface area contributed by atoms with Gasteiger partial charge in [0.2, 0.25) is 5.91 Å². The van der Waals surface area contributed by atoms with E-state index in [0.29, 0.717) is 318 Å². The molecule has 10 rings (SSSR count). The van der Waals surface area contributed by atoms with E-state index >= 15 is 0 Å². The number of Topliss-reactive ketones (excluding diaryl/α,β-unsaturated/α-hetero) is 2. The summed E-state index contributed by atoms with van der Waals surface area (Å²) in [6.45, 7) is 27.8. The van der Waals surface area contributed by atoms with Crippen molar-refractivity contribution in [2.45, 2.75) is 144 Å². The Morgan fingerprint density at radius 2 is 1.12 bits per heavy atom. The van der Waals surface area contributed by atoms with Gasteiger partial charge in [0.15, 0.2) is 22.4 Å². The Labute approximate surface area is 878 Å². The molecule has 0 saturated heterocycles. The minimum absolute atomic E-state index is 0.0378. The third-order valence-electron chi connectivity index (χ3n) is 26.0. The lowest BCUT2D eigenvalue weighted by atomic mass is 9.50. The Balaban J connectivity index is 0.764. The summed E-state index contributed by atoms with van der Waals surface area (Å²) < 4.78 is 141. The van der Waals surface area contributed by atoms with Gasteiger partial charge in [-0.3, -0.25) is 48.2 Å². The standard InChI is InChI=1S/C108H155N9O30S2/c1-79(2)91(69-88(118)73-116-98(120)27-28-99(116)121)102(123)110-81(4)96(119)67-83-21-22-87(85(66-83)17-13-29-114(30-14-34-132-41-43-136-49-51-140-57-59-144-63-61-142-55-53-138-47-45-134-39-37-130-8)31-15-35-133-42-44-137-50-52-141-58-60-145-64-62-143-56-54-139-48-46-135-40-38-131-9)74-146-105(126)115(33-65-149(127,128)129)32-36-147-107(7)75-106(6)70-80(3)71-108(76-106,77-107)78-117-82(5)93(72-109-117)89-25-26-94(111-100(89)103(124)125)86-24-23-84-16-12-18-90(92(84)68-86)101(122)113-104-112-95-19-10-11-20-97(95)148-104/h10-12,16,18-28,66,68,72,79-81,91H,13-15,17,29-65,67,69-71,73-78H2,1-9H3,(H,110,123)(H,124,125)(H,112,113,122)(H,127,128,129)/t80?,81-,91-,106?,107?,108?/m0/s1. The van der Waals surface area contributed by atoms with Gasteiger partial charge in [0.05, 0.1) is 238 Å². The number of aryl methyl sites for hydroxylation is 1. The Kier molecular flexibility index (Phi) is 53.0. The van der Waals surface area contributed by atoms with Crippen LogP contribution in [-0.4, -0.2) is 375 Å². The molecule has 3 aromatic heterocycles. The number of ketones is 2. The van der Waals surface area contributed by atoms with Crippen LogP contribution in [0.3, 0.4) is 0 Å². The Morgan fingerprint density at radius 3 is 1.66 bits per heavy atom. The van der Waals surface area contributed by atoms with E-state index in [2.05, 4.69) is 41.3 Å². The molecule has 824 valence electrons. The van der Waals surface area contributed by atoms with Gasteiger partial charge in [-0.15, -0.1) is 0 Å². The Bertz CT molecular complexity index is 5350. The first-order chi connectivity index (χ1) is 71.9. The molecule has 41 heteroatoms. The lowest BCUT2D eigenvalue weighted by Gasteiger charge is -2.59. The largest absolute Gasteiger partial charge is 0.476 e. The van der Waals surface area contributed by atoms with Crippen LogP contribution in [0.4, 0.5) is 9.93 Å². The number of nitrogens with one attached hydrogen (secondary N) is 2. The second-order valence-electron chi connectivity index (χ2n) is 38.7. The van der Waals surface area contributed by atoms with Crippen LogP contribution in [-0.2, 0) is 145 Å². The van der Waals surface area contributed by atoms with Crippen molar-refractivity contribution in [3.8, 4) is 22.4 Å². The van der Waals surface area contributed by atoms with Crippen LogP contribution in [0, 0.1) is 35.5 Å². The van der Waals surface area contributed by atoms with Gasteiger partial charge in [0, 0.05) is 119 Å². The van der Waals surface area contributed by atoms with Crippen molar-refractivity contribution in [1.29, 1.82) is 0 Å². The Morgan fingerprint density at radius 1 is 0.577 bits per heavy atom. The average molecular weight is 2120 g/mol. The van der Waals surface area contributed by atoms with Crippen LogP contribution < -0.4 is 10.6 Å². The van der Waals surface area contributed by atoms with E-state index in [1.807, 2.05) is 72.3 Å². The fourth-order valence-corrected chi connectivity index (χ4v) is 20.7. The number of ether oxygens (including phenoxy) is 18. The maximum absolute atomic E-state index is 14.7. The average Bonchev–Trinajstić information content (AvgIpc) is 1.60. The van der Waals surface area contributed by atoms with Crippen molar-refractivity contribution in [3.63, 3.8) is 0 Å². The topological polar surface area (TPSA) is 455 Å². The summed E-state index contributed by atoms with van der Waals surface area (Å²) in [5, 5.41) is 23.6. The molecule has 4 aromatic carbocycles. The minimum Gasteiger partial charge on any atom is -0.476 e. The molecule has 2 fully saturated rings. The lowest BCUT2D eigenvalue weighted by Crippen LogP contribution is -2.54. The summed E-state index contributed by atoms with van der Waals surface area (Å²) in [5.41, 5.74) is 4.32. The number of aromatic carboxylic acids is 1. The zero-order valence-corrected chi connectivity index (χ0v) is 89.7. The maximum atomic E-state index is 14.7. The van der Waals surface area contributed by atoms with Crippen molar-refractivity contribution >= 4 is 94.8 Å². The number of imide groups is 1. The Hall–Kier alpha value is -9.52. The summed E-state index contributed by atoms with van der Waals surface area (Å²) in [6, 6.07) is 26.6. The minimum atomic E-state index is -4.61. The summed E-state index contributed by atoms with van der Waals surface area (Å²) in [6.07, 6.45) is 8.80. The number of hydrogen-bond donors (Lipinski definition) is 4. The summed E-state index contributed by atoms with van der Waals surface area (Å²) >= 11 is 1.38. The van der Waals surface area contributed by atoms with Crippen molar-refractivity contribution in [2.75, 3.05) is 269 Å². The number of carboxylic acid groups (broad SMARTS) is 1. The number of rotatable bonds is 80. The molecule has 6 atom stereocenters. The number of hydrogen-bond acceptors (Lipinski definition) is 33. The summed E-state index contributed by atoms with van der Waals surface area (Å²) in [4.78, 5) is 122. The number of carbonyl (C=O) groups excluding carboxylic acids is 7. The number of fused-ring (bicyclic) bond motifs is 4. The van der Waals surface area contributed by atoms with E-state index in [4.69, 9.17) is 95.3 Å². The molecular formula is C108H155N9O30S2. The number of aromatic nitrogens is 4. The van der Waals surface area contributed by atoms with Crippen molar-refractivity contribution < 1.29 is 142 Å². The van der Waals surface area contributed by atoms with E-state index in [1.165, 1.54) is 16.2 Å². The molecule has 0 radical (unpaired) electrons. The molecule has 3 aliphatic rings. The number of benzene rings is 4. The molecule has 4 unspecified atom stereocenters. The molecule has 4 heterocycles. The van der Waals surface area contributed by atoms with Gasteiger partial charge in [-0.25, -0.2) is 19.6 Å². The molecule has 39 nitrogen and oxygen atoms in total. The number of amides is 5. The molecule has 1 aliphatic heterocycles. The molecule has 2 bridgehead atoms. The predicted molar refractivity (Wildman–Crippen MR) is 559 cm³/mol. The predicted octanol–water partition coefficient (Wildman–Crippen LogP) is 11.9. The van der Waals surface area contributed by atoms with Crippen LogP contribution >= 0.6 is 11.3 Å². The first kappa shape index (κ1) is 121. The first-order valence-electron chi connectivity index (χ1n) is 51.7. The number of anilines is 1. The highest BCUT2D eigenvalue weighted by Gasteiger charge is 2.56. The highest BCUT2D eigenvalue weighted by Crippen LogP contribution is 2.61. The van der Waals surface area contributed by atoms with Crippen LogP contribution in [0.15, 0.2) is 109 Å². The summed E-state index contributed by atoms with van der Waals surface area (Å²) in [7, 11) is -1.36. The van der Waals surface area contributed by atoms with E-state index in [0.717, 1.165) is 63.2 Å². The van der Waals surface area contributed by atoms with E-state index in [-0.39, 0.29) is 66.7 Å². The highest BCUT2D eigenvalue weighted by molar-refractivity contribution is 7.85. The van der Waals surface area contributed by atoms with Gasteiger partial charge in [-0.05, 0) is 172 Å². The zero-order chi connectivity index (χ0) is 107. The quantitative estimate of drug-likeness (QED) is 0.0156. The van der Waals surface area contributed by atoms with E-state index < -0.39 is 82.1 Å². The fourth-order valence-electron chi connectivity index (χ4n) is 19.4. The monoisotopic (exact) mass is 2120 g/mol. The number of carboxylic acids is 1. The number of thiazole rings is 1. The number of para-hydroxylation sites is 1. The zero-order valence-electron chi connectivity index (χ0n) is 88.0. The molecular weight excluding hydrogens is 1970 g/mol. The molecule has 0 spiro atoms. The van der Waals surface area contributed by atoms with Crippen molar-refractivity contribution in [1.82, 2.24) is 39.8 Å². The van der Waals surface area contributed by atoms with Crippen LogP contribution in [0.5, 0.6) is 0 Å². The number of carbonyl (C=O) groups is 8. The third kappa shape index (κ3) is 42.8. The highest BCUT2D eigenvalue weighted by atomic mass is 32.2. The molecule has 2 saturated carbocycles. The second kappa shape index (κ2) is 65.1. The number of methoxy groups -OCH3 is 2. The van der Waals surface area contributed by atoms with Crippen molar-refractivity contribution in [2.24, 2.45) is 28.6 Å². The maximum Gasteiger partial charge on any atom is 0.410 e. The van der Waals surface area contributed by atoms with Gasteiger partial charge in [0.25, 0.3) is 27.8 Å². The van der Waals surface area contributed by atoms with Crippen LogP contribution in [0.2, 0.25) is 0 Å². The van der Waals surface area contributed by atoms with Gasteiger partial charge in [0.1, 0.15) is 6.61 Å². The van der Waals surface area contributed by atoms with E-state index in [9.17, 15) is 56.4 Å². The smallest absolute Gasteiger partial charge is 0.410 e. The molecule has 4 N–H and O–H groups in total.